The van der Waals surface area contributed by atoms with Crippen molar-refractivity contribution in [3.8, 4) is 5.75 Å². The zero-order chi connectivity index (χ0) is 16.3. The van der Waals surface area contributed by atoms with E-state index in [0.717, 1.165) is 25.0 Å². The number of benzene rings is 1. The molecule has 0 radical (unpaired) electrons. The summed E-state index contributed by atoms with van der Waals surface area (Å²) in [6.45, 7) is 13.7. The van der Waals surface area contributed by atoms with Gasteiger partial charge in [-0.2, -0.15) is 0 Å². The molecule has 1 rings (SSSR count). The number of ether oxygens (including phenoxy) is 1. The lowest BCUT2D eigenvalue weighted by Crippen LogP contribution is -2.19. The average Bonchev–Trinajstić information content (AvgIpc) is 2.36. The second-order valence-electron chi connectivity index (χ2n) is 7.90. The van der Waals surface area contributed by atoms with Crippen LogP contribution in [0.4, 0.5) is 0 Å². The quantitative estimate of drug-likeness (QED) is 0.803. The van der Waals surface area contributed by atoms with Crippen LogP contribution in [-0.2, 0) is 17.3 Å². The summed E-state index contributed by atoms with van der Waals surface area (Å²) in [4.78, 5) is 0. The maximum atomic E-state index is 8.97. The fraction of sp³-hybridized carbons (Fsp3) is 0.684. The largest absolute Gasteiger partial charge is 0.496 e. The number of hydrogen-bond acceptors (Lipinski definition) is 2. The first-order valence-corrected chi connectivity index (χ1v) is 7.94. The van der Waals surface area contributed by atoms with E-state index in [1.54, 1.807) is 7.11 Å². The zero-order valence-corrected chi connectivity index (χ0v) is 14.8. The third-order valence-corrected chi connectivity index (χ3v) is 3.84. The maximum Gasteiger partial charge on any atom is 0.126 e. The number of hydrogen-bond donors (Lipinski definition) is 1. The van der Waals surface area contributed by atoms with Crippen molar-refractivity contribution in [2.45, 2.75) is 71.6 Å². The summed E-state index contributed by atoms with van der Waals surface area (Å²) in [5.74, 6) is 1.03. The summed E-state index contributed by atoms with van der Waals surface area (Å²) in [5, 5.41) is 8.97. The third-order valence-electron chi connectivity index (χ3n) is 3.84. The third kappa shape index (κ3) is 4.74. The second-order valence-corrected chi connectivity index (χ2v) is 7.90. The van der Waals surface area contributed by atoms with Crippen molar-refractivity contribution >= 4 is 0 Å². The van der Waals surface area contributed by atoms with Crippen molar-refractivity contribution in [2.75, 3.05) is 13.7 Å². The van der Waals surface area contributed by atoms with Gasteiger partial charge in [-0.3, -0.25) is 0 Å². The molecule has 0 aliphatic rings. The van der Waals surface area contributed by atoms with Crippen LogP contribution in [0.1, 0.15) is 71.1 Å². The van der Waals surface area contributed by atoms with Gasteiger partial charge < -0.3 is 9.84 Å². The first-order chi connectivity index (χ1) is 9.61. The standard InChI is InChI=1S/C19H32O2/c1-18(2,3)15-12-14(10-8-9-11-20)13-16(17(15)21-7)19(4,5)6/h12-13,20H,8-11H2,1-7H3. The second kappa shape index (κ2) is 6.83. The lowest BCUT2D eigenvalue weighted by atomic mass is 9.78. The summed E-state index contributed by atoms with van der Waals surface area (Å²) in [6.07, 6.45) is 2.90. The van der Waals surface area contributed by atoms with Gasteiger partial charge in [0, 0.05) is 17.7 Å². The smallest absolute Gasteiger partial charge is 0.126 e. The van der Waals surface area contributed by atoms with Gasteiger partial charge in [-0.1, -0.05) is 53.7 Å². The van der Waals surface area contributed by atoms with Crippen LogP contribution in [0.15, 0.2) is 12.1 Å². The van der Waals surface area contributed by atoms with Crippen molar-refractivity contribution in [1.29, 1.82) is 0 Å². The van der Waals surface area contributed by atoms with Gasteiger partial charge in [0.2, 0.25) is 0 Å². The Balaban J connectivity index is 3.37. The number of aliphatic hydroxyl groups excluding tert-OH is 1. The molecule has 0 aliphatic carbocycles. The fourth-order valence-corrected chi connectivity index (χ4v) is 2.61. The van der Waals surface area contributed by atoms with Crippen LogP contribution in [0, 0.1) is 0 Å². The van der Waals surface area contributed by atoms with Gasteiger partial charge in [-0.25, -0.2) is 0 Å². The van der Waals surface area contributed by atoms with E-state index in [0.29, 0.717) is 0 Å². The molecular weight excluding hydrogens is 260 g/mol. The van der Waals surface area contributed by atoms with Crippen LogP contribution in [0.3, 0.4) is 0 Å². The molecule has 0 saturated carbocycles. The predicted molar refractivity (Wildman–Crippen MR) is 90.4 cm³/mol. The van der Waals surface area contributed by atoms with Gasteiger partial charge in [0.15, 0.2) is 0 Å². The molecule has 120 valence electrons. The van der Waals surface area contributed by atoms with Crippen molar-refractivity contribution < 1.29 is 9.84 Å². The Morgan fingerprint density at radius 3 is 1.71 bits per heavy atom. The van der Waals surface area contributed by atoms with E-state index >= 15 is 0 Å². The number of unbranched alkanes of at least 4 members (excludes halogenated alkanes) is 1. The highest BCUT2D eigenvalue weighted by Crippen LogP contribution is 2.40. The fourth-order valence-electron chi connectivity index (χ4n) is 2.61. The zero-order valence-electron chi connectivity index (χ0n) is 14.8. The van der Waals surface area contributed by atoms with E-state index in [1.165, 1.54) is 16.7 Å². The van der Waals surface area contributed by atoms with E-state index in [4.69, 9.17) is 9.84 Å². The molecular formula is C19H32O2. The van der Waals surface area contributed by atoms with Gasteiger partial charge in [-0.05, 0) is 35.7 Å². The minimum atomic E-state index is 0.0539. The predicted octanol–water partition coefficient (Wildman–Crippen LogP) is 4.61. The first-order valence-electron chi connectivity index (χ1n) is 7.94. The van der Waals surface area contributed by atoms with E-state index < -0.39 is 0 Å². The molecule has 21 heavy (non-hydrogen) atoms. The summed E-state index contributed by atoms with van der Waals surface area (Å²) < 4.78 is 5.77. The minimum Gasteiger partial charge on any atom is -0.496 e. The lowest BCUT2D eigenvalue weighted by Gasteiger charge is -2.30. The first kappa shape index (κ1) is 18.0. The molecule has 1 aromatic rings. The number of aryl methyl sites for hydroxylation is 1. The monoisotopic (exact) mass is 292 g/mol. The molecule has 0 fully saturated rings. The molecule has 1 N–H and O–H groups in total. The van der Waals surface area contributed by atoms with Crippen LogP contribution in [-0.4, -0.2) is 18.8 Å². The van der Waals surface area contributed by atoms with Crippen molar-refractivity contribution in [3.63, 3.8) is 0 Å². The van der Waals surface area contributed by atoms with Crippen LogP contribution < -0.4 is 4.74 Å². The molecule has 0 aliphatic heterocycles. The van der Waals surface area contributed by atoms with Gasteiger partial charge in [-0.15, -0.1) is 0 Å². The van der Waals surface area contributed by atoms with E-state index in [9.17, 15) is 0 Å². The highest BCUT2D eigenvalue weighted by Gasteiger charge is 2.27. The Bertz CT molecular complexity index is 426. The Morgan fingerprint density at radius 1 is 0.905 bits per heavy atom. The number of rotatable bonds is 5. The van der Waals surface area contributed by atoms with Crippen molar-refractivity contribution in [1.82, 2.24) is 0 Å². The summed E-state index contributed by atoms with van der Waals surface area (Å²) in [5.41, 5.74) is 4.00. The molecule has 0 bridgehead atoms. The molecule has 0 atom stereocenters. The Morgan fingerprint density at radius 2 is 1.38 bits per heavy atom. The number of methoxy groups -OCH3 is 1. The maximum absolute atomic E-state index is 8.97. The molecule has 0 saturated heterocycles. The molecule has 0 aromatic heterocycles. The van der Waals surface area contributed by atoms with Crippen LogP contribution in [0.2, 0.25) is 0 Å². The van der Waals surface area contributed by atoms with Crippen molar-refractivity contribution in [3.05, 3.63) is 28.8 Å². The summed E-state index contributed by atoms with van der Waals surface area (Å²) in [6, 6.07) is 4.57. The Hall–Kier alpha value is -1.02. The molecule has 0 spiro atoms. The molecule has 0 heterocycles. The number of aliphatic hydroxyl groups is 1. The van der Waals surface area contributed by atoms with Crippen LogP contribution in [0.5, 0.6) is 5.75 Å². The highest BCUT2D eigenvalue weighted by atomic mass is 16.5. The summed E-state index contributed by atoms with van der Waals surface area (Å²) in [7, 11) is 1.77. The molecule has 1 aromatic carbocycles. The van der Waals surface area contributed by atoms with Crippen molar-refractivity contribution in [2.24, 2.45) is 0 Å². The topological polar surface area (TPSA) is 29.5 Å². The van der Waals surface area contributed by atoms with Crippen LogP contribution in [0.25, 0.3) is 0 Å². The normalized spacial score (nSPS) is 12.6. The molecule has 2 nitrogen and oxygen atoms in total. The average molecular weight is 292 g/mol. The SMILES string of the molecule is COc1c(C(C)(C)C)cc(CCCCO)cc1C(C)(C)C. The molecule has 0 unspecified atom stereocenters. The van der Waals surface area contributed by atoms with Gasteiger partial charge in [0.25, 0.3) is 0 Å². The molecule has 2 heteroatoms. The van der Waals surface area contributed by atoms with Gasteiger partial charge >= 0.3 is 0 Å². The summed E-state index contributed by atoms with van der Waals surface area (Å²) >= 11 is 0. The van der Waals surface area contributed by atoms with E-state index in [1.807, 2.05) is 0 Å². The lowest BCUT2D eigenvalue weighted by molar-refractivity contribution is 0.284. The van der Waals surface area contributed by atoms with Crippen LogP contribution >= 0.6 is 0 Å². The minimum absolute atomic E-state index is 0.0539. The van der Waals surface area contributed by atoms with E-state index in [2.05, 4.69) is 53.7 Å². The highest BCUT2D eigenvalue weighted by molar-refractivity contribution is 5.50. The van der Waals surface area contributed by atoms with Gasteiger partial charge in [0.05, 0.1) is 7.11 Å². The Kier molecular flexibility index (Phi) is 5.86. The Labute approximate surface area is 130 Å². The van der Waals surface area contributed by atoms with E-state index in [-0.39, 0.29) is 17.4 Å². The van der Waals surface area contributed by atoms with Gasteiger partial charge in [0.1, 0.15) is 5.75 Å². The molecule has 0 amide bonds.